The highest BCUT2D eigenvalue weighted by Gasteiger charge is 1.88. The van der Waals surface area contributed by atoms with Crippen LogP contribution in [0.4, 0.5) is 0 Å². The summed E-state index contributed by atoms with van der Waals surface area (Å²) in [5, 5.41) is 19.1. The Labute approximate surface area is 86.6 Å². The fourth-order valence-electron chi connectivity index (χ4n) is 1.15. The van der Waals surface area contributed by atoms with Crippen molar-refractivity contribution in [3.63, 3.8) is 0 Å². The number of H-pyrrole nitrogens is 2. The fourth-order valence-corrected chi connectivity index (χ4v) is 1.37. The van der Waals surface area contributed by atoms with E-state index in [2.05, 4.69) is 9.97 Å². The van der Waals surface area contributed by atoms with E-state index in [1.807, 2.05) is 12.2 Å². The Kier molecular flexibility index (Phi) is 4.58. The number of aliphatic hydroxyl groups is 2. The zero-order valence-electron chi connectivity index (χ0n) is 7.79. The van der Waals surface area contributed by atoms with Gasteiger partial charge in [0.1, 0.15) is 0 Å². The highest BCUT2D eigenvalue weighted by molar-refractivity contribution is 7.71. The van der Waals surface area contributed by atoms with E-state index >= 15 is 0 Å². The van der Waals surface area contributed by atoms with Crippen molar-refractivity contribution in [2.24, 2.45) is 0 Å². The van der Waals surface area contributed by atoms with Crippen molar-refractivity contribution in [2.75, 3.05) is 13.2 Å². The molecule has 1 heterocycles. The Bertz CT molecular complexity index is 394. The summed E-state index contributed by atoms with van der Waals surface area (Å²) in [5.41, 5.74) is 0. The van der Waals surface area contributed by atoms with Gasteiger partial charge in [0.2, 0.25) is 0 Å². The molecule has 5 heteroatoms. The van der Waals surface area contributed by atoms with E-state index in [-0.39, 0.29) is 13.2 Å². The van der Waals surface area contributed by atoms with Crippen molar-refractivity contribution < 1.29 is 10.2 Å². The lowest BCUT2D eigenvalue weighted by Crippen LogP contribution is -2.24. The van der Waals surface area contributed by atoms with Crippen molar-refractivity contribution in [1.82, 2.24) is 9.97 Å². The van der Waals surface area contributed by atoms with Crippen LogP contribution < -0.4 is 10.7 Å². The summed E-state index contributed by atoms with van der Waals surface area (Å²) in [6.45, 7) is 0.233. The van der Waals surface area contributed by atoms with Gasteiger partial charge < -0.3 is 20.2 Å². The number of hydrogen-bond acceptors (Lipinski definition) is 3. The first-order valence-electron chi connectivity index (χ1n) is 4.48. The molecule has 0 saturated heterocycles. The Morgan fingerprint density at radius 2 is 1.43 bits per heavy atom. The maximum Gasteiger partial charge on any atom is 0.175 e. The molecule has 0 radical (unpaired) electrons. The molecule has 0 atom stereocenters. The lowest BCUT2D eigenvalue weighted by atomic mass is 10.3. The van der Waals surface area contributed by atoms with Crippen LogP contribution in [0.2, 0.25) is 0 Å². The van der Waals surface area contributed by atoms with Gasteiger partial charge in [-0.05, 0) is 25.1 Å². The molecule has 0 fully saturated rings. The quantitative estimate of drug-likeness (QED) is 0.506. The molecule has 1 aromatic heterocycles. The summed E-state index contributed by atoms with van der Waals surface area (Å²) < 4.78 is 0.554. The molecular formula is C9H14N2O2S. The van der Waals surface area contributed by atoms with Crippen LogP contribution in [-0.4, -0.2) is 33.4 Å². The molecule has 78 valence electrons. The Morgan fingerprint density at radius 1 is 1.00 bits per heavy atom. The van der Waals surface area contributed by atoms with Crippen LogP contribution in [0.5, 0.6) is 0 Å². The summed E-state index contributed by atoms with van der Waals surface area (Å²) in [6, 6.07) is 0. The van der Waals surface area contributed by atoms with Crippen molar-refractivity contribution in [3.8, 4) is 0 Å². The number of hydrogen-bond donors (Lipinski definition) is 4. The number of nitrogens with one attached hydrogen (secondary N) is 2. The van der Waals surface area contributed by atoms with Crippen LogP contribution in [0.15, 0.2) is 0 Å². The van der Waals surface area contributed by atoms with E-state index in [4.69, 9.17) is 22.4 Å². The zero-order chi connectivity index (χ0) is 10.4. The standard InChI is InChI=1S/C9H14N2O2S/c12-5-1-3-7-8(4-2-6-13)11-9(14)10-7/h3-4,12-13H,1-2,5-6H2,(H2,10,11,14). The van der Waals surface area contributed by atoms with Gasteiger partial charge in [-0.15, -0.1) is 0 Å². The molecule has 0 amide bonds. The van der Waals surface area contributed by atoms with Gasteiger partial charge in [-0.2, -0.15) is 0 Å². The molecule has 4 N–H and O–H groups in total. The Hall–Kier alpha value is -0.910. The van der Waals surface area contributed by atoms with E-state index in [0.29, 0.717) is 17.6 Å². The molecule has 0 aromatic carbocycles. The zero-order valence-corrected chi connectivity index (χ0v) is 8.60. The average molecular weight is 214 g/mol. The third kappa shape index (κ3) is 3.10. The molecule has 0 aliphatic carbocycles. The van der Waals surface area contributed by atoms with Crippen LogP contribution in [0, 0.1) is 4.77 Å². The van der Waals surface area contributed by atoms with E-state index in [1.165, 1.54) is 0 Å². The third-order valence-corrected chi connectivity index (χ3v) is 1.95. The van der Waals surface area contributed by atoms with Crippen LogP contribution in [0.25, 0.3) is 12.2 Å². The predicted molar refractivity (Wildman–Crippen MR) is 57.6 cm³/mol. The van der Waals surface area contributed by atoms with Gasteiger partial charge >= 0.3 is 0 Å². The first kappa shape index (κ1) is 11.2. The highest BCUT2D eigenvalue weighted by Crippen LogP contribution is 1.78. The topological polar surface area (TPSA) is 72.0 Å². The molecule has 0 aliphatic heterocycles. The molecule has 4 nitrogen and oxygen atoms in total. The Morgan fingerprint density at radius 3 is 1.79 bits per heavy atom. The van der Waals surface area contributed by atoms with Gasteiger partial charge in [-0.25, -0.2) is 0 Å². The molecule has 0 unspecified atom stereocenters. The van der Waals surface area contributed by atoms with E-state index in [9.17, 15) is 0 Å². The van der Waals surface area contributed by atoms with Crippen LogP contribution >= 0.6 is 12.2 Å². The maximum absolute atomic E-state index is 8.67. The maximum atomic E-state index is 8.67. The average Bonchev–Trinajstić information content (AvgIpc) is 2.52. The number of aromatic nitrogens is 2. The molecule has 0 aliphatic rings. The SMILES string of the molecule is OCCC=c1[nH]c(=S)[nH]c1=CCCO. The fraction of sp³-hybridized carbons (Fsp3) is 0.444. The molecule has 1 rings (SSSR count). The van der Waals surface area contributed by atoms with Crippen molar-refractivity contribution in [1.29, 1.82) is 0 Å². The van der Waals surface area contributed by atoms with Gasteiger partial charge in [-0.1, -0.05) is 12.2 Å². The van der Waals surface area contributed by atoms with Gasteiger partial charge in [0.25, 0.3) is 0 Å². The third-order valence-electron chi connectivity index (χ3n) is 1.74. The van der Waals surface area contributed by atoms with Gasteiger partial charge in [0.05, 0.1) is 10.7 Å². The van der Waals surface area contributed by atoms with E-state index in [0.717, 1.165) is 10.7 Å². The summed E-state index contributed by atoms with van der Waals surface area (Å²) in [7, 11) is 0. The minimum absolute atomic E-state index is 0.116. The molecule has 0 saturated carbocycles. The van der Waals surface area contributed by atoms with Crippen molar-refractivity contribution in [2.45, 2.75) is 12.8 Å². The summed E-state index contributed by atoms with van der Waals surface area (Å²) >= 11 is 4.95. The number of rotatable bonds is 4. The van der Waals surface area contributed by atoms with Crippen LogP contribution in [0.3, 0.4) is 0 Å². The molecule has 1 aromatic rings. The van der Waals surface area contributed by atoms with Gasteiger partial charge in [0, 0.05) is 13.2 Å². The monoisotopic (exact) mass is 214 g/mol. The molecular weight excluding hydrogens is 200 g/mol. The lowest BCUT2D eigenvalue weighted by Gasteiger charge is -1.84. The number of aromatic amines is 2. The smallest absolute Gasteiger partial charge is 0.175 e. The largest absolute Gasteiger partial charge is 0.396 e. The predicted octanol–water partition coefficient (Wildman–Crippen LogP) is -0.602. The van der Waals surface area contributed by atoms with Gasteiger partial charge in [-0.3, -0.25) is 0 Å². The minimum atomic E-state index is 0.116. The second-order valence-corrected chi connectivity index (χ2v) is 3.25. The first-order chi connectivity index (χ1) is 6.77. The normalized spacial score (nSPS) is 13.9. The number of aliphatic hydroxyl groups excluding tert-OH is 2. The van der Waals surface area contributed by atoms with Gasteiger partial charge in [0.15, 0.2) is 4.77 Å². The molecule has 14 heavy (non-hydrogen) atoms. The highest BCUT2D eigenvalue weighted by atomic mass is 32.1. The van der Waals surface area contributed by atoms with E-state index in [1.54, 1.807) is 0 Å². The number of imidazole rings is 1. The Balaban J connectivity index is 3.09. The van der Waals surface area contributed by atoms with Crippen molar-refractivity contribution >= 4 is 24.4 Å². The molecule has 0 spiro atoms. The van der Waals surface area contributed by atoms with Crippen LogP contribution in [-0.2, 0) is 0 Å². The summed E-state index contributed by atoms with van der Waals surface area (Å²) in [4.78, 5) is 5.94. The molecule has 0 bridgehead atoms. The second kappa shape index (κ2) is 5.74. The van der Waals surface area contributed by atoms with Crippen molar-refractivity contribution in [3.05, 3.63) is 15.5 Å². The van der Waals surface area contributed by atoms with E-state index < -0.39 is 0 Å². The lowest BCUT2D eigenvalue weighted by molar-refractivity contribution is 0.305. The minimum Gasteiger partial charge on any atom is -0.396 e. The second-order valence-electron chi connectivity index (χ2n) is 2.84. The summed E-state index contributed by atoms with van der Waals surface area (Å²) in [5.74, 6) is 0. The first-order valence-corrected chi connectivity index (χ1v) is 4.89. The van der Waals surface area contributed by atoms with Crippen LogP contribution in [0.1, 0.15) is 12.8 Å². The summed E-state index contributed by atoms with van der Waals surface area (Å²) in [6.07, 6.45) is 4.91.